The van der Waals surface area contributed by atoms with Gasteiger partial charge in [-0.25, -0.2) is 9.82 Å². The number of nitrogens with one attached hydrogen (secondary N) is 2. The number of hydrogen-bond donors (Lipinski definition) is 2. The predicted octanol–water partition coefficient (Wildman–Crippen LogP) is 3.22. The number of anilines is 1. The van der Waals surface area contributed by atoms with Crippen LogP contribution in [0.4, 0.5) is 10.1 Å². The summed E-state index contributed by atoms with van der Waals surface area (Å²) in [5, 5.41) is 6.46. The second-order valence-corrected chi connectivity index (χ2v) is 5.21. The van der Waals surface area contributed by atoms with Crippen LogP contribution in [0.2, 0.25) is 10.0 Å². The second-order valence-electron chi connectivity index (χ2n) is 4.33. The van der Waals surface area contributed by atoms with E-state index in [0.717, 1.165) is 6.21 Å². The molecule has 0 spiro atoms. The summed E-state index contributed by atoms with van der Waals surface area (Å²) < 4.78 is 13.3. The van der Waals surface area contributed by atoms with E-state index in [1.807, 2.05) is 5.43 Å². The summed E-state index contributed by atoms with van der Waals surface area (Å²) in [4.78, 5) is 23.3. The average Bonchev–Trinajstić information content (AvgIpc) is 2.48. The Balaban J connectivity index is 1.95. The minimum Gasteiger partial charge on any atom is -0.318 e. The van der Waals surface area contributed by atoms with E-state index in [9.17, 15) is 14.0 Å². The van der Waals surface area contributed by atoms with Crippen molar-refractivity contribution in [2.24, 2.45) is 5.10 Å². The van der Waals surface area contributed by atoms with Crippen molar-refractivity contribution in [2.75, 3.05) is 5.32 Å². The van der Waals surface area contributed by atoms with Crippen LogP contribution in [0, 0.1) is 5.82 Å². The third kappa shape index (κ3) is 5.05. The van der Waals surface area contributed by atoms with E-state index in [4.69, 9.17) is 23.2 Å². The molecule has 0 saturated carbocycles. The lowest BCUT2D eigenvalue weighted by Gasteiger charge is -2.05. The van der Waals surface area contributed by atoms with E-state index in [-0.39, 0.29) is 11.3 Å². The number of carbonyl (C=O) groups is 2. The van der Waals surface area contributed by atoms with E-state index < -0.39 is 17.6 Å². The molecule has 2 N–H and O–H groups in total. The molecule has 0 heterocycles. The number of amides is 2. The molecule has 0 atom stereocenters. The SMILES string of the molecule is O=C(NN=Cc1ccccc1F)C(=O)Nc1cc(Cl)cc(Cl)c1. The minimum absolute atomic E-state index is 0.176. The summed E-state index contributed by atoms with van der Waals surface area (Å²) in [5.74, 6) is -2.48. The topological polar surface area (TPSA) is 70.6 Å². The summed E-state index contributed by atoms with van der Waals surface area (Å²) in [7, 11) is 0. The Bertz CT molecular complexity index is 761. The van der Waals surface area contributed by atoms with Crippen LogP contribution < -0.4 is 10.7 Å². The summed E-state index contributed by atoms with van der Waals surface area (Å²) in [5.41, 5.74) is 2.43. The number of rotatable bonds is 3. The number of benzene rings is 2. The van der Waals surface area contributed by atoms with Crippen LogP contribution in [0.3, 0.4) is 0 Å². The first-order valence-electron chi connectivity index (χ1n) is 6.31. The molecule has 0 fully saturated rings. The highest BCUT2D eigenvalue weighted by atomic mass is 35.5. The van der Waals surface area contributed by atoms with Crippen LogP contribution in [0.15, 0.2) is 47.6 Å². The fourth-order valence-corrected chi connectivity index (χ4v) is 2.13. The zero-order valence-electron chi connectivity index (χ0n) is 11.5. The van der Waals surface area contributed by atoms with Gasteiger partial charge < -0.3 is 5.32 Å². The molecule has 0 unspecified atom stereocenters. The highest BCUT2D eigenvalue weighted by Gasteiger charge is 2.13. The van der Waals surface area contributed by atoms with Gasteiger partial charge in [0.2, 0.25) is 0 Å². The maximum absolute atomic E-state index is 13.3. The second kappa shape index (κ2) is 7.71. The van der Waals surface area contributed by atoms with E-state index in [1.54, 1.807) is 6.07 Å². The Hall–Kier alpha value is -2.44. The third-order valence-corrected chi connectivity index (χ3v) is 3.04. The van der Waals surface area contributed by atoms with Crippen molar-refractivity contribution >= 4 is 46.9 Å². The average molecular weight is 354 g/mol. The zero-order valence-corrected chi connectivity index (χ0v) is 13.0. The summed E-state index contributed by atoms with van der Waals surface area (Å²) in [6, 6.07) is 10.2. The molecule has 0 bridgehead atoms. The first kappa shape index (κ1) is 16.9. The predicted molar refractivity (Wildman–Crippen MR) is 87.2 cm³/mol. The molecule has 5 nitrogen and oxygen atoms in total. The molecule has 2 amide bonds. The molecule has 8 heteroatoms. The van der Waals surface area contributed by atoms with Gasteiger partial charge in [0.1, 0.15) is 5.82 Å². The monoisotopic (exact) mass is 353 g/mol. The van der Waals surface area contributed by atoms with Crippen LogP contribution in [-0.2, 0) is 9.59 Å². The molecule has 0 aliphatic rings. The number of carbonyl (C=O) groups excluding carboxylic acids is 2. The first-order chi connectivity index (χ1) is 11.0. The number of nitrogens with zero attached hydrogens (tertiary/aromatic N) is 1. The highest BCUT2D eigenvalue weighted by Crippen LogP contribution is 2.22. The fraction of sp³-hybridized carbons (Fsp3) is 0. The first-order valence-corrected chi connectivity index (χ1v) is 7.06. The highest BCUT2D eigenvalue weighted by molar-refractivity contribution is 6.40. The fourth-order valence-electron chi connectivity index (χ4n) is 1.60. The maximum atomic E-state index is 13.3. The van der Waals surface area contributed by atoms with Crippen molar-refractivity contribution in [3.63, 3.8) is 0 Å². The molecular weight excluding hydrogens is 344 g/mol. The number of hydrogen-bond acceptors (Lipinski definition) is 3. The van der Waals surface area contributed by atoms with Crippen LogP contribution in [0.25, 0.3) is 0 Å². The van der Waals surface area contributed by atoms with Crippen molar-refractivity contribution in [2.45, 2.75) is 0 Å². The molecule has 23 heavy (non-hydrogen) atoms. The Morgan fingerprint density at radius 2 is 1.70 bits per heavy atom. The lowest BCUT2D eigenvalue weighted by atomic mass is 10.2. The van der Waals surface area contributed by atoms with Gasteiger partial charge in [0.25, 0.3) is 0 Å². The van der Waals surface area contributed by atoms with Crippen molar-refractivity contribution < 1.29 is 14.0 Å². The summed E-state index contributed by atoms with van der Waals surface area (Å²) >= 11 is 11.6. The van der Waals surface area contributed by atoms with Gasteiger partial charge in [0.15, 0.2) is 0 Å². The van der Waals surface area contributed by atoms with E-state index in [0.29, 0.717) is 10.0 Å². The molecule has 0 aliphatic carbocycles. The smallest absolute Gasteiger partial charge is 0.318 e. The van der Waals surface area contributed by atoms with Gasteiger partial charge in [-0.15, -0.1) is 0 Å². The van der Waals surface area contributed by atoms with Crippen LogP contribution in [0.1, 0.15) is 5.56 Å². The molecule has 2 aromatic carbocycles. The standard InChI is InChI=1S/C15H10Cl2FN3O2/c16-10-5-11(17)7-12(6-10)20-14(22)15(23)21-19-8-9-3-1-2-4-13(9)18/h1-8H,(H,20,22)(H,21,23). The van der Waals surface area contributed by atoms with Crippen molar-refractivity contribution in [1.82, 2.24) is 5.43 Å². The molecule has 0 saturated heterocycles. The van der Waals surface area contributed by atoms with Gasteiger partial charge in [-0.3, -0.25) is 9.59 Å². The van der Waals surface area contributed by atoms with E-state index in [2.05, 4.69) is 10.4 Å². The van der Waals surface area contributed by atoms with Crippen molar-refractivity contribution in [3.05, 3.63) is 63.9 Å². The lowest BCUT2D eigenvalue weighted by molar-refractivity contribution is -0.136. The summed E-state index contributed by atoms with van der Waals surface area (Å²) in [6.07, 6.45) is 1.09. The van der Waals surface area contributed by atoms with Crippen molar-refractivity contribution in [3.8, 4) is 0 Å². The van der Waals surface area contributed by atoms with Gasteiger partial charge in [-0.2, -0.15) is 5.10 Å². The van der Waals surface area contributed by atoms with E-state index >= 15 is 0 Å². The normalized spacial score (nSPS) is 10.6. The Labute approximate surface area is 141 Å². The van der Waals surface area contributed by atoms with Crippen LogP contribution in [0.5, 0.6) is 0 Å². The van der Waals surface area contributed by atoms with Gasteiger partial charge in [0, 0.05) is 21.3 Å². The minimum atomic E-state index is -1.02. The van der Waals surface area contributed by atoms with Gasteiger partial charge in [-0.1, -0.05) is 41.4 Å². The van der Waals surface area contributed by atoms with Crippen LogP contribution in [-0.4, -0.2) is 18.0 Å². The molecule has 0 aromatic heterocycles. The number of hydrazone groups is 1. The number of halogens is 3. The van der Waals surface area contributed by atoms with Gasteiger partial charge in [-0.05, 0) is 24.3 Å². The van der Waals surface area contributed by atoms with Crippen molar-refractivity contribution in [1.29, 1.82) is 0 Å². The van der Waals surface area contributed by atoms with E-state index in [1.165, 1.54) is 36.4 Å². The molecule has 2 rings (SSSR count). The Kier molecular flexibility index (Phi) is 5.67. The quantitative estimate of drug-likeness (QED) is 0.505. The Morgan fingerprint density at radius 3 is 2.35 bits per heavy atom. The zero-order chi connectivity index (χ0) is 16.8. The van der Waals surface area contributed by atoms with Gasteiger partial charge in [0.05, 0.1) is 6.21 Å². The molecule has 0 radical (unpaired) electrons. The molecule has 2 aromatic rings. The van der Waals surface area contributed by atoms with Crippen LogP contribution >= 0.6 is 23.2 Å². The molecular formula is C15H10Cl2FN3O2. The lowest BCUT2D eigenvalue weighted by Crippen LogP contribution is -2.32. The maximum Gasteiger partial charge on any atom is 0.329 e. The van der Waals surface area contributed by atoms with Gasteiger partial charge >= 0.3 is 11.8 Å². The largest absolute Gasteiger partial charge is 0.329 e. The molecule has 118 valence electrons. The summed E-state index contributed by atoms with van der Waals surface area (Å²) in [6.45, 7) is 0. The molecule has 0 aliphatic heterocycles. The third-order valence-electron chi connectivity index (χ3n) is 2.60. The Morgan fingerprint density at radius 1 is 1.04 bits per heavy atom.